The van der Waals surface area contributed by atoms with Crippen LogP contribution in [0.2, 0.25) is 0 Å². The van der Waals surface area contributed by atoms with Gasteiger partial charge in [0.05, 0.1) is 0 Å². The van der Waals surface area contributed by atoms with E-state index in [-0.39, 0.29) is 16.6 Å². The molecule has 0 aliphatic rings. The first-order valence-electron chi connectivity index (χ1n) is 7.18. The minimum atomic E-state index is -1.18. The van der Waals surface area contributed by atoms with Crippen LogP contribution in [0, 0.1) is 5.82 Å². The fourth-order valence-corrected chi connectivity index (χ4v) is 2.91. The van der Waals surface area contributed by atoms with E-state index in [4.69, 9.17) is 4.42 Å². The van der Waals surface area contributed by atoms with Crippen molar-refractivity contribution in [1.29, 1.82) is 0 Å². The van der Waals surface area contributed by atoms with Crippen molar-refractivity contribution in [2.75, 3.05) is 0 Å². The molecule has 0 saturated heterocycles. The van der Waals surface area contributed by atoms with Gasteiger partial charge in [-0.05, 0) is 51.5 Å². The van der Waals surface area contributed by atoms with E-state index in [2.05, 4.69) is 11.6 Å². The van der Waals surface area contributed by atoms with Crippen LogP contribution in [0.1, 0.15) is 52.3 Å². The summed E-state index contributed by atoms with van der Waals surface area (Å²) < 4.78 is 34.1. The standard InChI is InChI=1S/C16H22FNO2S/c1-5-6-13(18-21(19)16(2,3)4)15-10-11-9-12(17)7-8-14(11)20-15/h7-10,13,18H,5-6H2,1-4H3/t13-,21?/m0/s1. The van der Waals surface area contributed by atoms with Crippen LogP contribution in [0.15, 0.2) is 28.7 Å². The summed E-state index contributed by atoms with van der Waals surface area (Å²) in [7, 11) is 0. The van der Waals surface area contributed by atoms with E-state index < -0.39 is 11.4 Å². The second kappa shape index (κ2) is 6.38. The van der Waals surface area contributed by atoms with Gasteiger partial charge in [-0.15, -0.1) is 4.72 Å². The molecule has 2 aromatic rings. The average Bonchev–Trinajstić information content (AvgIpc) is 2.79. The van der Waals surface area contributed by atoms with Crippen molar-refractivity contribution < 1.29 is 13.4 Å². The Bertz CT molecular complexity index is 606. The molecule has 2 rings (SSSR count). The second-order valence-corrected chi connectivity index (χ2v) is 8.17. The summed E-state index contributed by atoms with van der Waals surface area (Å²) in [6, 6.07) is 6.14. The zero-order valence-electron chi connectivity index (χ0n) is 12.9. The summed E-state index contributed by atoms with van der Waals surface area (Å²) in [4.78, 5) is 0. The largest absolute Gasteiger partial charge is 0.598 e. The first kappa shape index (κ1) is 16.3. The lowest BCUT2D eigenvalue weighted by Gasteiger charge is -2.27. The molecule has 1 unspecified atom stereocenters. The molecule has 116 valence electrons. The molecule has 21 heavy (non-hydrogen) atoms. The van der Waals surface area contributed by atoms with Crippen LogP contribution in [0.4, 0.5) is 4.39 Å². The maximum absolute atomic E-state index is 13.3. The smallest absolute Gasteiger partial charge is 0.136 e. The predicted molar refractivity (Wildman–Crippen MR) is 84.9 cm³/mol. The zero-order chi connectivity index (χ0) is 15.6. The van der Waals surface area contributed by atoms with Gasteiger partial charge in [-0.3, -0.25) is 0 Å². The van der Waals surface area contributed by atoms with Crippen LogP contribution in [-0.2, 0) is 11.4 Å². The number of halogens is 1. The maximum Gasteiger partial charge on any atom is 0.136 e. The van der Waals surface area contributed by atoms with Gasteiger partial charge < -0.3 is 8.97 Å². The SMILES string of the molecule is CCC[C@H](N[S+]([O-])C(C)(C)C)c1cc2cc(F)ccc2o1. The van der Waals surface area contributed by atoms with Crippen molar-refractivity contribution >= 4 is 22.3 Å². The van der Waals surface area contributed by atoms with Gasteiger partial charge >= 0.3 is 0 Å². The Morgan fingerprint density at radius 1 is 1.33 bits per heavy atom. The second-order valence-electron chi connectivity index (χ2n) is 6.17. The van der Waals surface area contributed by atoms with Crippen molar-refractivity contribution in [1.82, 2.24) is 4.72 Å². The van der Waals surface area contributed by atoms with Gasteiger partial charge in [-0.1, -0.05) is 13.3 Å². The summed E-state index contributed by atoms with van der Waals surface area (Å²) in [6.07, 6.45) is 1.74. The predicted octanol–water partition coefficient (Wildman–Crippen LogP) is 4.46. The molecule has 0 amide bonds. The van der Waals surface area contributed by atoms with E-state index in [1.54, 1.807) is 6.07 Å². The highest BCUT2D eigenvalue weighted by molar-refractivity contribution is 7.90. The lowest BCUT2D eigenvalue weighted by molar-refractivity contribution is 0.439. The molecule has 5 heteroatoms. The minimum Gasteiger partial charge on any atom is -0.598 e. The number of fused-ring (bicyclic) bond motifs is 1. The van der Waals surface area contributed by atoms with Gasteiger partial charge in [-0.2, -0.15) is 0 Å². The first-order valence-corrected chi connectivity index (χ1v) is 8.33. The normalized spacial score (nSPS) is 15.3. The van der Waals surface area contributed by atoms with Gasteiger partial charge in [0.15, 0.2) is 0 Å². The number of hydrogen-bond donors (Lipinski definition) is 1. The van der Waals surface area contributed by atoms with Gasteiger partial charge in [0, 0.05) is 16.7 Å². The van der Waals surface area contributed by atoms with Gasteiger partial charge in [0.1, 0.15) is 27.9 Å². The van der Waals surface area contributed by atoms with Crippen molar-refractivity contribution in [3.05, 3.63) is 35.8 Å². The molecular formula is C16H22FNO2S. The molecule has 0 spiro atoms. The Balaban J connectivity index is 2.27. The van der Waals surface area contributed by atoms with Crippen molar-refractivity contribution in [3.63, 3.8) is 0 Å². The number of hydrogen-bond acceptors (Lipinski definition) is 3. The van der Waals surface area contributed by atoms with Gasteiger partial charge in [0.25, 0.3) is 0 Å². The molecule has 2 atom stereocenters. The van der Waals surface area contributed by atoms with Gasteiger partial charge in [-0.25, -0.2) is 4.39 Å². The highest BCUT2D eigenvalue weighted by Crippen LogP contribution is 2.29. The fourth-order valence-electron chi connectivity index (χ4n) is 2.06. The van der Waals surface area contributed by atoms with Crippen LogP contribution in [0.3, 0.4) is 0 Å². The molecule has 0 aliphatic carbocycles. The minimum absolute atomic E-state index is 0.134. The van der Waals surface area contributed by atoms with Crippen molar-refractivity contribution in [2.24, 2.45) is 0 Å². The molecule has 0 radical (unpaired) electrons. The molecule has 3 nitrogen and oxygen atoms in total. The highest BCUT2D eigenvalue weighted by atomic mass is 32.2. The number of furan rings is 1. The Labute approximate surface area is 128 Å². The third-order valence-electron chi connectivity index (χ3n) is 3.22. The fraction of sp³-hybridized carbons (Fsp3) is 0.500. The molecule has 0 fully saturated rings. The quantitative estimate of drug-likeness (QED) is 0.829. The molecule has 0 bridgehead atoms. The van der Waals surface area contributed by atoms with E-state index in [0.717, 1.165) is 18.2 Å². The Morgan fingerprint density at radius 3 is 2.67 bits per heavy atom. The first-order chi connectivity index (χ1) is 9.81. The summed E-state index contributed by atoms with van der Waals surface area (Å²) >= 11 is -1.18. The van der Waals surface area contributed by atoms with E-state index in [0.29, 0.717) is 11.3 Å². The molecule has 1 heterocycles. The maximum atomic E-state index is 13.3. The van der Waals surface area contributed by atoms with Crippen LogP contribution >= 0.6 is 0 Å². The summed E-state index contributed by atoms with van der Waals surface area (Å²) in [5, 5.41) is 0.731. The molecular weight excluding hydrogens is 289 g/mol. The molecule has 0 saturated carbocycles. The molecule has 1 aromatic heterocycles. The molecule has 1 aromatic carbocycles. The summed E-state index contributed by atoms with van der Waals surface area (Å²) in [6.45, 7) is 7.84. The van der Waals surface area contributed by atoms with Crippen LogP contribution < -0.4 is 4.72 Å². The summed E-state index contributed by atoms with van der Waals surface area (Å²) in [5.74, 6) is 0.420. The van der Waals surface area contributed by atoms with Gasteiger partial charge in [0.2, 0.25) is 0 Å². The zero-order valence-corrected chi connectivity index (χ0v) is 13.7. The number of benzene rings is 1. The third kappa shape index (κ3) is 3.99. The third-order valence-corrected chi connectivity index (χ3v) is 4.83. The number of nitrogens with one attached hydrogen (secondary N) is 1. The Hall–Kier alpha value is -1.04. The van der Waals surface area contributed by atoms with E-state index in [9.17, 15) is 8.94 Å². The highest BCUT2D eigenvalue weighted by Gasteiger charge is 2.30. The number of rotatable bonds is 5. The Morgan fingerprint density at radius 2 is 2.05 bits per heavy atom. The molecule has 0 aliphatic heterocycles. The topological polar surface area (TPSA) is 48.2 Å². The van der Waals surface area contributed by atoms with Crippen LogP contribution in [-0.4, -0.2) is 9.30 Å². The van der Waals surface area contributed by atoms with E-state index >= 15 is 0 Å². The Kier molecular flexibility index (Phi) is 4.96. The molecule has 1 N–H and O–H groups in total. The van der Waals surface area contributed by atoms with Crippen molar-refractivity contribution in [3.8, 4) is 0 Å². The van der Waals surface area contributed by atoms with Crippen LogP contribution in [0.5, 0.6) is 0 Å². The summed E-state index contributed by atoms with van der Waals surface area (Å²) in [5.41, 5.74) is 0.649. The monoisotopic (exact) mass is 311 g/mol. The lowest BCUT2D eigenvalue weighted by Crippen LogP contribution is -2.41. The van der Waals surface area contributed by atoms with E-state index in [1.165, 1.54) is 12.1 Å². The van der Waals surface area contributed by atoms with E-state index in [1.807, 2.05) is 26.8 Å². The lowest BCUT2D eigenvalue weighted by atomic mass is 10.1. The average molecular weight is 311 g/mol. The van der Waals surface area contributed by atoms with Crippen molar-refractivity contribution in [2.45, 2.75) is 51.3 Å². The van der Waals surface area contributed by atoms with Crippen LogP contribution in [0.25, 0.3) is 11.0 Å².